The zero-order valence-electron chi connectivity index (χ0n) is 11.3. The van der Waals surface area contributed by atoms with Gasteiger partial charge < -0.3 is 10.6 Å². The van der Waals surface area contributed by atoms with Gasteiger partial charge in [-0.3, -0.25) is 4.79 Å². The highest BCUT2D eigenvalue weighted by molar-refractivity contribution is 6.36. The Morgan fingerprint density at radius 2 is 2.20 bits per heavy atom. The van der Waals surface area contributed by atoms with E-state index < -0.39 is 0 Å². The van der Waals surface area contributed by atoms with E-state index in [0.29, 0.717) is 21.5 Å². The van der Waals surface area contributed by atoms with E-state index in [2.05, 4.69) is 10.6 Å². The SMILES string of the molecule is CC(NC(=O)c1ccc(Cl)cc1Cl)C1CCCNC1.Cl. The van der Waals surface area contributed by atoms with Crippen LogP contribution in [-0.4, -0.2) is 25.0 Å². The fourth-order valence-electron chi connectivity index (χ4n) is 2.38. The summed E-state index contributed by atoms with van der Waals surface area (Å²) in [5.74, 6) is 0.337. The Labute approximate surface area is 135 Å². The maximum atomic E-state index is 12.2. The third-order valence-electron chi connectivity index (χ3n) is 3.58. The van der Waals surface area contributed by atoms with Gasteiger partial charge in [0, 0.05) is 11.1 Å². The molecular formula is C14H19Cl3N2O. The Balaban J connectivity index is 0.00000200. The van der Waals surface area contributed by atoms with Crippen molar-refractivity contribution in [3.8, 4) is 0 Å². The minimum Gasteiger partial charge on any atom is -0.349 e. The van der Waals surface area contributed by atoms with Crippen LogP contribution in [0.15, 0.2) is 18.2 Å². The van der Waals surface area contributed by atoms with E-state index in [1.54, 1.807) is 18.2 Å². The Morgan fingerprint density at radius 1 is 1.45 bits per heavy atom. The van der Waals surface area contributed by atoms with Crippen LogP contribution >= 0.6 is 35.6 Å². The van der Waals surface area contributed by atoms with E-state index >= 15 is 0 Å². The largest absolute Gasteiger partial charge is 0.349 e. The molecule has 6 heteroatoms. The van der Waals surface area contributed by atoms with Gasteiger partial charge in [0.1, 0.15) is 0 Å². The summed E-state index contributed by atoms with van der Waals surface area (Å²) in [5.41, 5.74) is 0.474. The van der Waals surface area contributed by atoms with Crippen molar-refractivity contribution in [2.24, 2.45) is 5.92 Å². The molecule has 1 heterocycles. The Morgan fingerprint density at radius 3 is 2.80 bits per heavy atom. The van der Waals surface area contributed by atoms with E-state index in [1.165, 1.54) is 0 Å². The fraction of sp³-hybridized carbons (Fsp3) is 0.500. The van der Waals surface area contributed by atoms with Gasteiger partial charge in [-0.15, -0.1) is 12.4 Å². The quantitative estimate of drug-likeness (QED) is 0.886. The topological polar surface area (TPSA) is 41.1 Å². The van der Waals surface area contributed by atoms with Crippen molar-refractivity contribution in [1.29, 1.82) is 0 Å². The van der Waals surface area contributed by atoms with Crippen molar-refractivity contribution in [1.82, 2.24) is 10.6 Å². The van der Waals surface area contributed by atoms with Gasteiger partial charge in [-0.25, -0.2) is 0 Å². The number of amides is 1. The average molecular weight is 338 g/mol. The Bertz CT molecular complexity index is 462. The van der Waals surface area contributed by atoms with Gasteiger partial charge in [0.05, 0.1) is 10.6 Å². The maximum absolute atomic E-state index is 12.2. The summed E-state index contributed by atoms with van der Waals surface area (Å²) < 4.78 is 0. The molecule has 0 bridgehead atoms. The van der Waals surface area contributed by atoms with Crippen LogP contribution < -0.4 is 10.6 Å². The van der Waals surface area contributed by atoms with Gasteiger partial charge in [-0.05, 0) is 57.0 Å². The molecule has 2 N–H and O–H groups in total. The number of rotatable bonds is 3. The molecule has 1 aliphatic heterocycles. The summed E-state index contributed by atoms with van der Waals surface area (Å²) in [4.78, 5) is 12.2. The molecule has 2 rings (SSSR count). The minimum absolute atomic E-state index is 0. The zero-order chi connectivity index (χ0) is 13.8. The van der Waals surface area contributed by atoms with Crippen LogP contribution in [0.4, 0.5) is 0 Å². The molecule has 2 unspecified atom stereocenters. The van der Waals surface area contributed by atoms with Crippen molar-refractivity contribution in [2.75, 3.05) is 13.1 Å². The second kappa shape index (κ2) is 8.08. The standard InChI is InChI=1S/C14H18Cl2N2O.ClH/c1-9(10-3-2-6-17-8-10)18-14(19)12-5-4-11(15)7-13(12)16;/h4-5,7,9-10,17H,2-3,6,8H2,1H3,(H,18,19);1H. The van der Waals surface area contributed by atoms with E-state index in [1.807, 2.05) is 6.92 Å². The molecular weight excluding hydrogens is 319 g/mol. The van der Waals surface area contributed by atoms with Gasteiger partial charge in [0.25, 0.3) is 5.91 Å². The third-order valence-corrected chi connectivity index (χ3v) is 4.12. The molecule has 1 saturated heterocycles. The highest BCUT2D eigenvalue weighted by Gasteiger charge is 2.22. The highest BCUT2D eigenvalue weighted by Crippen LogP contribution is 2.21. The predicted octanol–water partition coefficient (Wildman–Crippen LogP) is 3.53. The van der Waals surface area contributed by atoms with E-state index in [9.17, 15) is 4.79 Å². The lowest BCUT2D eigenvalue weighted by Crippen LogP contribution is -2.44. The van der Waals surface area contributed by atoms with Crippen LogP contribution in [0.1, 0.15) is 30.1 Å². The number of halogens is 3. The molecule has 0 aliphatic carbocycles. The summed E-state index contributed by atoms with van der Waals surface area (Å²) in [5, 5.41) is 7.29. The van der Waals surface area contributed by atoms with E-state index in [0.717, 1.165) is 25.9 Å². The van der Waals surface area contributed by atoms with Crippen LogP contribution in [0.25, 0.3) is 0 Å². The van der Waals surface area contributed by atoms with Crippen LogP contribution in [0, 0.1) is 5.92 Å². The lowest BCUT2D eigenvalue weighted by Gasteiger charge is -2.29. The van der Waals surface area contributed by atoms with Crippen molar-refractivity contribution in [3.63, 3.8) is 0 Å². The second-order valence-corrected chi connectivity index (χ2v) is 5.84. The van der Waals surface area contributed by atoms with Crippen molar-refractivity contribution < 1.29 is 4.79 Å². The lowest BCUT2D eigenvalue weighted by molar-refractivity contribution is 0.0922. The summed E-state index contributed by atoms with van der Waals surface area (Å²) in [6, 6.07) is 5.05. The van der Waals surface area contributed by atoms with Crippen LogP contribution in [0.3, 0.4) is 0 Å². The first-order valence-electron chi connectivity index (χ1n) is 6.54. The van der Waals surface area contributed by atoms with E-state index in [-0.39, 0.29) is 24.4 Å². The second-order valence-electron chi connectivity index (χ2n) is 4.99. The van der Waals surface area contributed by atoms with Crippen LogP contribution in [0.2, 0.25) is 10.0 Å². The molecule has 0 saturated carbocycles. The molecule has 0 spiro atoms. The maximum Gasteiger partial charge on any atom is 0.253 e. The van der Waals surface area contributed by atoms with Crippen molar-refractivity contribution in [2.45, 2.75) is 25.8 Å². The fourth-order valence-corrected chi connectivity index (χ4v) is 2.88. The normalized spacial score (nSPS) is 19.9. The number of piperidine rings is 1. The molecule has 0 radical (unpaired) electrons. The zero-order valence-corrected chi connectivity index (χ0v) is 13.6. The Kier molecular flexibility index (Phi) is 7.10. The van der Waals surface area contributed by atoms with Gasteiger partial charge in [-0.1, -0.05) is 23.2 Å². The number of carbonyl (C=O) groups excluding carboxylic acids is 1. The molecule has 1 aliphatic rings. The number of nitrogens with one attached hydrogen (secondary N) is 2. The summed E-state index contributed by atoms with van der Waals surface area (Å²) in [6.07, 6.45) is 2.30. The monoisotopic (exact) mass is 336 g/mol. The molecule has 1 aromatic rings. The predicted molar refractivity (Wildman–Crippen MR) is 86.2 cm³/mol. The van der Waals surface area contributed by atoms with Gasteiger partial charge in [-0.2, -0.15) is 0 Å². The first-order chi connectivity index (χ1) is 9.08. The van der Waals surface area contributed by atoms with Crippen molar-refractivity contribution >= 4 is 41.5 Å². The molecule has 1 aromatic carbocycles. The number of benzene rings is 1. The number of hydrogen-bond donors (Lipinski definition) is 2. The highest BCUT2D eigenvalue weighted by atomic mass is 35.5. The molecule has 2 atom stereocenters. The summed E-state index contributed by atoms with van der Waals surface area (Å²) >= 11 is 11.9. The molecule has 1 amide bonds. The Hall–Kier alpha value is -0.480. The van der Waals surface area contributed by atoms with Gasteiger partial charge in [0.15, 0.2) is 0 Å². The molecule has 0 aromatic heterocycles. The molecule has 112 valence electrons. The number of hydrogen-bond acceptors (Lipinski definition) is 2. The first kappa shape index (κ1) is 17.6. The van der Waals surface area contributed by atoms with Crippen LogP contribution in [-0.2, 0) is 0 Å². The van der Waals surface area contributed by atoms with Crippen LogP contribution in [0.5, 0.6) is 0 Å². The molecule has 20 heavy (non-hydrogen) atoms. The summed E-state index contributed by atoms with van der Waals surface area (Å²) in [6.45, 7) is 4.06. The van der Waals surface area contributed by atoms with Gasteiger partial charge >= 0.3 is 0 Å². The van der Waals surface area contributed by atoms with E-state index in [4.69, 9.17) is 23.2 Å². The molecule has 1 fully saturated rings. The van der Waals surface area contributed by atoms with Crippen molar-refractivity contribution in [3.05, 3.63) is 33.8 Å². The minimum atomic E-state index is -0.139. The lowest BCUT2D eigenvalue weighted by atomic mass is 9.92. The third kappa shape index (κ3) is 4.52. The summed E-state index contributed by atoms with van der Waals surface area (Å²) in [7, 11) is 0. The first-order valence-corrected chi connectivity index (χ1v) is 7.30. The average Bonchev–Trinajstić information content (AvgIpc) is 2.39. The van der Waals surface area contributed by atoms with Gasteiger partial charge in [0.2, 0.25) is 0 Å². The number of carbonyl (C=O) groups is 1. The smallest absolute Gasteiger partial charge is 0.253 e. The molecule has 3 nitrogen and oxygen atoms in total.